The van der Waals surface area contributed by atoms with E-state index in [1.54, 1.807) is 24.3 Å². The van der Waals surface area contributed by atoms with Crippen molar-refractivity contribution in [2.75, 3.05) is 31.6 Å². The molecule has 0 saturated heterocycles. The largest absolute Gasteiger partial charge is 0.395 e. The number of anilines is 1. The van der Waals surface area contributed by atoms with Crippen molar-refractivity contribution in [3.8, 4) is 11.8 Å². The quantitative estimate of drug-likeness (QED) is 0.499. The van der Waals surface area contributed by atoms with Gasteiger partial charge in [0.25, 0.3) is 10.2 Å². The van der Waals surface area contributed by atoms with Gasteiger partial charge in [0.15, 0.2) is 0 Å². The van der Waals surface area contributed by atoms with Crippen LogP contribution in [-0.2, 0) is 14.9 Å². The zero-order chi connectivity index (χ0) is 14.8. The lowest BCUT2D eigenvalue weighted by atomic mass is 10.2. The van der Waals surface area contributed by atoms with Crippen molar-refractivity contribution in [3.05, 3.63) is 29.8 Å². The van der Waals surface area contributed by atoms with Gasteiger partial charge < -0.3 is 9.84 Å². The number of benzene rings is 1. The molecular formula is C13H18N2O4S. The van der Waals surface area contributed by atoms with Gasteiger partial charge in [-0.25, -0.2) is 0 Å². The van der Waals surface area contributed by atoms with Crippen LogP contribution in [0, 0.1) is 11.8 Å². The summed E-state index contributed by atoms with van der Waals surface area (Å²) in [5.74, 6) is 5.65. The lowest BCUT2D eigenvalue weighted by Gasteiger charge is -2.08. The molecule has 6 nitrogen and oxygen atoms in total. The fourth-order valence-electron chi connectivity index (χ4n) is 1.31. The number of ether oxygens (including phenoxy) is 1. The molecule has 20 heavy (non-hydrogen) atoms. The van der Waals surface area contributed by atoms with Gasteiger partial charge in [-0.05, 0) is 24.3 Å². The number of nitrogens with one attached hydrogen (secondary N) is 2. The maximum Gasteiger partial charge on any atom is 0.299 e. The van der Waals surface area contributed by atoms with Crippen molar-refractivity contribution >= 4 is 15.9 Å². The van der Waals surface area contributed by atoms with Gasteiger partial charge in [0.2, 0.25) is 0 Å². The molecule has 0 aliphatic heterocycles. The molecule has 0 amide bonds. The summed E-state index contributed by atoms with van der Waals surface area (Å²) in [6, 6.07) is 6.66. The number of methoxy groups -OCH3 is 1. The molecule has 0 saturated carbocycles. The fraction of sp³-hybridized carbons (Fsp3) is 0.385. The first-order chi connectivity index (χ1) is 9.57. The molecule has 0 bridgehead atoms. The summed E-state index contributed by atoms with van der Waals surface area (Å²) in [6.45, 7) is 0.537. The Labute approximate surface area is 119 Å². The minimum atomic E-state index is -3.59. The van der Waals surface area contributed by atoms with Crippen LogP contribution in [0.5, 0.6) is 0 Å². The molecule has 110 valence electrons. The lowest BCUT2D eigenvalue weighted by Crippen LogP contribution is -2.32. The second kappa shape index (κ2) is 8.55. The Kier molecular flexibility index (Phi) is 7.04. The summed E-state index contributed by atoms with van der Waals surface area (Å²) in [4.78, 5) is 0. The molecule has 0 aliphatic carbocycles. The number of aliphatic hydroxyl groups is 1. The van der Waals surface area contributed by atoms with Gasteiger partial charge in [-0.2, -0.15) is 13.1 Å². The maximum absolute atomic E-state index is 11.6. The molecule has 7 heteroatoms. The Morgan fingerprint density at radius 1 is 1.30 bits per heavy atom. The molecule has 0 radical (unpaired) electrons. The summed E-state index contributed by atoms with van der Waals surface area (Å²) in [5.41, 5.74) is 1.20. The maximum atomic E-state index is 11.6. The van der Waals surface area contributed by atoms with Crippen LogP contribution in [0.2, 0.25) is 0 Å². The van der Waals surface area contributed by atoms with Crippen LogP contribution in [0.3, 0.4) is 0 Å². The molecule has 0 fully saturated rings. The van der Waals surface area contributed by atoms with Gasteiger partial charge in [-0.15, -0.1) is 0 Å². The van der Waals surface area contributed by atoms with Crippen molar-refractivity contribution in [2.24, 2.45) is 0 Å². The third kappa shape index (κ3) is 6.54. The Morgan fingerprint density at radius 3 is 2.60 bits per heavy atom. The first kappa shape index (κ1) is 16.5. The minimum Gasteiger partial charge on any atom is -0.395 e. The monoisotopic (exact) mass is 298 g/mol. The molecule has 1 aromatic carbocycles. The zero-order valence-corrected chi connectivity index (χ0v) is 12.0. The van der Waals surface area contributed by atoms with Gasteiger partial charge >= 0.3 is 0 Å². The first-order valence-corrected chi connectivity index (χ1v) is 7.52. The van der Waals surface area contributed by atoms with Crippen LogP contribution in [0.1, 0.15) is 12.0 Å². The number of hydrogen-bond acceptors (Lipinski definition) is 4. The van der Waals surface area contributed by atoms with Crippen molar-refractivity contribution in [3.63, 3.8) is 0 Å². The Bertz CT molecular complexity index is 558. The van der Waals surface area contributed by atoms with Gasteiger partial charge in [-0.1, -0.05) is 11.8 Å². The predicted molar refractivity (Wildman–Crippen MR) is 77.4 cm³/mol. The highest BCUT2D eigenvalue weighted by atomic mass is 32.2. The van der Waals surface area contributed by atoms with Crippen LogP contribution < -0.4 is 9.44 Å². The SMILES string of the molecule is COCCNS(=O)(=O)Nc1ccc(C#CCCO)cc1. The minimum absolute atomic E-state index is 0.0258. The van der Waals surface area contributed by atoms with E-state index in [0.29, 0.717) is 18.7 Å². The summed E-state index contributed by atoms with van der Waals surface area (Å²) in [6.07, 6.45) is 0.414. The van der Waals surface area contributed by atoms with Gasteiger partial charge in [0.05, 0.1) is 13.2 Å². The molecule has 0 spiro atoms. The highest BCUT2D eigenvalue weighted by Crippen LogP contribution is 2.10. The van der Waals surface area contributed by atoms with E-state index in [-0.39, 0.29) is 13.2 Å². The third-order valence-corrected chi connectivity index (χ3v) is 3.29. The van der Waals surface area contributed by atoms with Gasteiger partial charge in [-0.3, -0.25) is 4.72 Å². The second-order valence-corrected chi connectivity index (χ2v) is 5.35. The van der Waals surface area contributed by atoms with Gasteiger partial charge in [0.1, 0.15) is 0 Å². The van der Waals surface area contributed by atoms with Crippen LogP contribution in [-0.4, -0.2) is 40.4 Å². The van der Waals surface area contributed by atoms with Crippen molar-refractivity contribution in [1.29, 1.82) is 0 Å². The average molecular weight is 298 g/mol. The molecule has 1 rings (SSSR count). The van der Waals surface area contributed by atoms with E-state index >= 15 is 0 Å². The summed E-state index contributed by atoms with van der Waals surface area (Å²) in [7, 11) is -2.09. The summed E-state index contributed by atoms with van der Waals surface area (Å²) < 4.78 is 32.8. The number of rotatable bonds is 7. The lowest BCUT2D eigenvalue weighted by molar-refractivity contribution is 0.204. The molecule has 0 aliphatic rings. The van der Waals surface area contributed by atoms with E-state index in [2.05, 4.69) is 21.3 Å². The molecule has 0 atom stereocenters. The van der Waals surface area contributed by atoms with E-state index in [1.807, 2.05) is 0 Å². The molecule has 0 aromatic heterocycles. The average Bonchev–Trinajstić information content (AvgIpc) is 2.41. The zero-order valence-electron chi connectivity index (χ0n) is 11.2. The van der Waals surface area contributed by atoms with Gasteiger partial charge in [0, 0.05) is 31.3 Å². The normalized spacial score (nSPS) is 10.7. The van der Waals surface area contributed by atoms with E-state index < -0.39 is 10.2 Å². The fourth-order valence-corrected chi connectivity index (χ4v) is 2.18. The van der Waals surface area contributed by atoms with Crippen LogP contribution in [0.25, 0.3) is 0 Å². The van der Waals surface area contributed by atoms with Crippen molar-refractivity contribution in [1.82, 2.24) is 4.72 Å². The predicted octanol–water partition coefficient (Wildman–Crippen LogP) is 0.313. The smallest absolute Gasteiger partial charge is 0.299 e. The third-order valence-electron chi connectivity index (χ3n) is 2.20. The Morgan fingerprint density at radius 2 is 2.00 bits per heavy atom. The highest BCUT2D eigenvalue weighted by Gasteiger charge is 2.08. The second-order valence-electron chi connectivity index (χ2n) is 3.85. The van der Waals surface area contributed by atoms with Crippen LogP contribution in [0.15, 0.2) is 24.3 Å². The molecule has 0 heterocycles. The Hall–Kier alpha value is -1.59. The highest BCUT2D eigenvalue weighted by molar-refractivity contribution is 7.90. The summed E-state index contributed by atoms with van der Waals surface area (Å²) in [5, 5.41) is 8.61. The molecular weight excluding hydrogens is 280 g/mol. The van der Waals surface area contributed by atoms with E-state index in [0.717, 1.165) is 5.56 Å². The molecule has 0 unspecified atom stereocenters. The standard InChI is InChI=1S/C13H18N2O4S/c1-19-11-9-14-20(17,18)15-13-7-5-12(6-8-13)4-2-3-10-16/h5-8,14-16H,3,9-11H2,1H3. The number of hydrogen-bond donors (Lipinski definition) is 3. The Balaban J connectivity index is 2.59. The molecule has 3 N–H and O–H groups in total. The van der Waals surface area contributed by atoms with E-state index in [1.165, 1.54) is 7.11 Å². The molecule has 1 aromatic rings. The van der Waals surface area contributed by atoms with Crippen molar-refractivity contribution < 1.29 is 18.3 Å². The van der Waals surface area contributed by atoms with Crippen LogP contribution in [0.4, 0.5) is 5.69 Å². The first-order valence-electron chi connectivity index (χ1n) is 6.03. The van der Waals surface area contributed by atoms with E-state index in [9.17, 15) is 8.42 Å². The summed E-state index contributed by atoms with van der Waals surface area (Å²) >= 11 is 0. The van der Waals surface area contributed by atoms with Crippen molar-refractivity contribution in [2.45, 2.75) is 6.42 Å². The number of aliphatic hydroxyl groups excluding tert-OH is 1. The van der Waals surface area contributed by atoms with Crippen LogP contribution >= 0.6 is 0 Å². The topological polar surface area (TPSA) is 87.7 Å². The van der Waals surface area contributed by atoms with E-state index in [4.69, 9.17) is 9.84 Å².